The van der Waals surface area contributed by atoms with Crippen LogP contribution < -0.4 is 0 Å². The molecular weight excluding hydrogens is 289 g/mol. The minimum absolute atomic E-state index is 0.0835. The van der Waals surface area contributed by atoms with Crippen LogP contribution in [0.3, 0.4) is 0 Å². The molecule has 2 aromatic carbocycles. The molecule has 0 aliphatic heterocycles. The molecule has 0 amide bonds. The van der Waals surface area contributed by atoms with E-state index in [9.17, 15) is 14.4 Å². The predicted octanol–water partition coefficient (Wildman–Crippen LogP) is 4.59. The molecule has 0 radical (unpaired) electrons. The van der Waals surface area contributed by atoms with E-state index in [0.717, 1.165) is 17.2 Å². The summed E-state index contributed by atoms with van der Waals surface area (Å²) in [5.74, 6) is -1.87. The first kappa shape index (κ1) is 15.2. The van der Waals surface area contributed by atoms with Gasteiger partial charge in [-0.25, -0.2) is 4.39 Å². The molecule has 0 heterocycles. The predicted molar refractivity (Wildman–Crippen MR) is 80.0 cm³/mol. The van der Waals surface area contributed by atoms with Crippen LogP contribution in [0, 0.1) is 31.0 Å². The first-order valence-corrected chi connectivity index (χ1v) is 6.78. The second-order valence-electron chi connectivity index (χ2n) is 4.84. The molecule has 0 N–H and O–H groups in total. The quantitative estimate of drug-likeness (QED) is 0.778. The maximum Gasteiger partial charge on any atom is 0.184 e. The van der Waals surface area contributed by atoms with Gasteiger partial charge in [0.05, 0.1) is 6.07 Å². The maximum atomic E-state index is 13.1. The highest BCUT2D eigenvalue weighted by Crippen LogP contribution is 2.29. The number of rotatable bonds is 3. The van der Waals surface area contributed by atoms with Gasteiger partial charge < -0.3 is 0 Å². The van der Waals surface area contributed by atoms with Crippen LogP contribution in [0.2, 0.25) is 5.02 Å². The minimum atomic E-state index is -1.04. The molecule has 0 aliphatic rings. The van der Waals surface area contributed by atoms with Crippen LogP contribution in [-0.2, 0) is 0 Å². The zero-order valence-corrected chi connectivity index (χ0v) is 12.4. The molecule has 0 saturated carbocycles. The smallest absolute Gasteiger partial charge is 0.184 e. The molecule has 0 fully saturated rings. The molecule has 2 aromatic rings. The monoisotopic (exact) mass is 301 g/mol. The zero-order valence-electron chi connectivity index (χ0n) is 11.7. The average Bonchev–Trinajstić information content (AvgIpc) is 2.44. The number of ketones is 1. The van der Waals surface area contributed by atoms with Gasteiger partial charge in [-0.2, -0.15) is 5.26 Å². The van der Waals surface area contributed by atoms with Crippen molar-refractivity contribution in [2.45, 2.75) is 19.8 Å². The summed E-state index contributed by atoms with van der Waals surface area (Å²) in [5, 5.41) is 9.43. The summed E-state index contributed by atoms with van der Waals surface area (Å²) < 4.78 is 13.1. The zero-order chi connectivity index (χ0) is 15.6. The van der Waals surface area contributed by atoms with Gasteiger partial charge in [0.2, 0.25) is 0 Å². The molecule has 21 heavy (non-hydrogen) atoms. The molecule has 0 aliphatic carbocycles. The van der Waals surface area contributed by atoms with Gasteiger partial charge in [-0.1, -0.05) is 35.9 Å². The lowest BCUT2D eigenvalue weighted by molar-refractivity contribution is 0.0978. The summed E-state index contributed by atoms with van der Waals surface area (Å²) >= 11 is 5.96. The number of nitrogens with zero attached hydrogens (tertiary/aromatic N) is 1. The van der Waals surface area contributed by atoms with Gasteiger partial charge in [0.1, 0.15) is 11.7 Å². The molecule has 0 aromatic heterocycles. The van der Waals surface area contributed by atoms with E-state index in [2.05, 4.69) is 0 Å². The Morgan fingerprint density at radius 1 is 1.29 bits per heavy atom. The highest BCUT2D eigenvalue weighted by atomic mass is 35.5. The van der Waals surface area contributed by atoms with Gasteiger partial charge >= 0.3 is 0 Å². The van der Waals surface area contributed by atoms with Gasteiger partial charge in [-0.05, 0) is 42.7 Å². The molecule has 0 saturated heterocycles. The highest BCUT2D eigenvalue weighted by Gasteiger charge is 2.25. The third-order valence-corrected chi connectivity index (χ3v) is 3.86. The fourth-order valence-corrected chi connectivity index (χ4v) is 2.45. The van der Waals surface area contributed by atoms with Crippen LogP contribution in [0.1, 0.15) is 33.0 Å². The van der Waals surface area contributed by atoms with E-state index in [1.807, 2.05) is 26.0 Å². The van der Waals surface area contributed by atoms with Crippen LogP contribution in [-0.4, -0.2) is 5.78 Å². The third kappa shape index (κ3) is 2.96. The van der Waals surface area contributed by atoms with Crippen LogP contribution in [0.4, 0.5) is 4.39 Å². The second-order valence-corrected chi connectivity index (χ2v) is 5.25. The normalized spacial score (nSPS) is 11.8. The summed E-state index contributed by atoms with van der Waals surface area (Å²) in [5.41, 5.74) is 2.62. The van der Waals surface area contributed by atoms with E-state index in [1.54, 1.807) is 12.1 Å². The molecule has 106 valence electrons. The Morgan fingerprint density at radius 2 is 2.00 bits per heavy atom. The first-order chi connectivity index (χ1) is 9.95. The molecular formula is C17H13ClFNO. The summed E-state index contributed by atoms with van der Waals surface area (Å²) in [7, 11) is 0. The summed E-state index contributed by atoms with van der Waals surface area (Å²) in [6, 6.07) is 11.0. The summed E-state index contributed by atoms with van der Waals surface area (Å²) in [4.78, 5) is 12.6. The summed E-state index contributed by atoms with van der Waals surface area (Å²) in [6.07, 6.45) is 0. The van der Waals surface area contributed by atoms with Crippen LogP contribution >= 0.6 is 11.6 Å². The Labute approximate surface area is 127 Å². The fourth-order valence-electron chi connectivity index (χ4n) is 2.18. The number of halogens is 2. The van der Waals surface area contributed by atoms with Gasteiger partial charge in [0.15, 0.2) is 5.78 Å². The number of hydrogen-bond acceptors (Lipinski definition) is 2. The van der Waals surface area contributed by atoms with E-state index in [0.29, 0.717) is 11.1 Å². The van der Waals surface area contributed by atoms with E-state index in [-0.39, 0.29) is 10.8 Å². The van der Waals surface area contributed by atoms with Gasteiger partial charge in [0.25, 0.3) is 0 Å². The second kappa shape index (κ2) is 6.07. The van der Waals surface area contributed by atoms with E-state index in [1.165, 1.54) is 12.1 Å². The van der Waals surface area contributed by atoms with Crippen molar-refractivity contribution in [1.82, 2.24) is 0 Å². The van der Waals surface area contributed by atoms with Crippen molar-refractivity contribution in [2.75, 3.05) is 0 Å². The van der Waals surface area contributed by atoms with Crippen LogP contribution in [0.5, 0.6) is 0 Å². The Hall–Kier alpha value is -2.18. The molecule has 0 spiro atoms. The standard InChI is InChI=1S/C17H13ClFNO/c1-10-4-3-5-13(11(10)2)17(21)15(9-20)14-7-6-12(19)8-16(14)18/h3-8,15H,1-2H3. The number of carbonyl (C=O) groups is 1. The van der Waals surface area contributed by atoms with Crippen molar-refractivity contribution in [3.63, 3.8) is 0 Å². The van der Waals surface area contributed by atoms with E-state index in [4.69, 9.17) is 11.6 Å². The number of carbonyl (C=O) groups excluding carboxylic acids is 1. The molecule has 4 heteroatoms. The van der Waals surface area contributed by atoms with Crippen molar-refractivity contribution in [3.05, 3.63) is 69.5 Å². The number of hydrogen-bond donors (Lipinski definition) is 0. The first-order valence-electron chi connectivity index (χ1n) is 6.40. The lowest BCUT2D eigenvalue weighted by Crippen LogP contribution is -2.13. The minimum Gasteiger partial charge on any atom is -0.292 e. The lowest BCUT2D eigenvalue weighted by Gasteiger charge is -2.13. The summed E-state index contributed by atoms with van der Waals surface area (Å²) in [6.45, 7) is 3.74. The van der Waals surface area contributed by atoms with Crippen LogP contribution in [0.15, 0.2) is 36.4 Å². The Bertz CT molecular complexity index is 749. The Kier molecular flexibility index (Phi) is 4.40. The number of Topliss-reactive ketones (excluding diaryl/α,β-unsaturated/α-hetero) is 1. The van der Waals surface area contributed by atoms with Crippen molar-refractivity contribution in [2.24, 2.45) is 0 Å². The van der Waals surface area contributed by atoms with Crippen LogP contribution in [0.25, 0.3) is 0 Å². The van der Waals surface area contributed by atoms with Gasteiger partial charge in [-0.15, -0.1) is 0 Å². The average molecular weight is 302 g/mol. The SMILES string of the molecule is Cc1cccc(C(=O)C(C#N)c2ccc(F)cc2Cl)c1C. The molecule has 2 nitrogen and oxygen atoms in total. The molecule has 2 rings (SSSR count). The van der Waals surface area contributed by atoms with Crippen molar-refractivity contribution in [1.29, 1.82) is 5.26 Å². The number of aryl methyl sites for hydroxylation is 1. The fraction of sp³-hybridized carbons (Fsp3) is 0.176. The molecule has 1 unspecified atom stereocenters. The van der Waals surface area contributed by atoms with Crippen molar-refractivity contribution in [3.8, 4) is 6.07 Å². The third-order valence-electron chi connectivity index (χ3n) is 3.53. The lowest BCUT2D eigenvalue weighted by atomic mass is 9.88. The van der Waals surface area contributed by atoms with Crippen molar-refractivity contribution < 1.29 is 9.18 Å². The van der Waals surface area contributed by atoms with Crippen molar-refractivity contribution >= 4 is 17.4 Å². The van der Waals surface area contributed by atoms with Gasteiger partial charge in [-0.3, -0.25) is 4.79 Å². The topological polar surface area (TPSA) is 40.9 Å². The van der Waals surface area contributed by atoms with E-state index >= 15 is 0 Å². The number of benzene rings is 2. The Balaban J connectivity index is 2.49. The van der Waals surface area contributed by atoms with E-state index < -0.39 is 11.7 Å². The molecule has 1 atom stereocenters. The molecule has 0 bridgehead atoms. The number of nitriles is 1. The largest absolute Gasteiger partial charge is 0.292 e. The maximum absolute atomic E-state index is 13.1. The van der Waals surface area contributed by atoms with Gasteiger partial charge in [0, 0.05) is 10.6 Å². The Morgan fingerprint density at radius 3 is 2.62 bits per heavy atom. The highest BCUT2D eigenvalue weighted by molar-refractivity contribution is 6.31.